The average Bonchev–Trinajstić information content (AvgIpc) is 2.12. The topological polar surface area (TPSA) is 23.8 Å². The van der Waals surface area contributed by atoms with E-state index in [0.29, 0.717) is 7.92 Å². The second-order valence-electron chi connectivity index (χ2n) is 4.16. The molecule has 0 atom stereocenters. The van der Waals surface area contributed by atoms with Gasteiger partial charge in [0.1, 0.15) is 0 Å². The Balaban J connectivity index is -0.0000000980. The molecule has 1 aliphatic rings. The van der Waals surface area contributed by atoms with Crippen molar-refractivity contribution in [3.8, 4) is 6.07 Å². The van der Waals surface area contributed by atoms with Crippen LogP contribution in [0.25, 0.3) is 0 Å². The summed E-state index contributed by atoms with van der Waals surface area (Å²) in [5, 5.41) is 7.32. The van der Waals surface area contributed by atoms with Crippen molar-refractivity contribution in [1.29, 1.82) is 5.26 Å². The zero-order chi connectivity index (χ0) is 16.4. The molecule has 1 radical (unpaired) electrons. The van der Waals surface area contributed by atoms with Gasteiger partial charge >= 0.3 is 7.25 Å². The van der Waals surface area contributed by atoms with Crippen LogP contribution in [0.15, 0.2) is 24.3 Å². The molecule has 21 heavy (non-hydrogen) atoms. The Kier molecular flexibility index (Phi) is 30.5. The molecule has 0 aromatic rings. The second-order valence-corrected chi connectivity index (χ2v) is 6.84. The van der Waals surface area contributed by atoms with E-state index in [4.69, 9.17) is 5.26 Å². The first-order chi connectivity index (χ1) is 9.15. The monoisotopic (exact) mass is 505 g/mol. The standard InChI is InChI=1S/C8H12.C3H9P.C2H3N.BF4.Ir/c1-2-4-6-8-7-5-3-1;1-4(2)3;1-2-3;2-1(3,4)5;/h1-2,7-8H,3-6H2;1-3H3;1H3;;/q;;;-1;/b2-1-,8-7-;;;;. The summed E-state index contributed by atoms with van der Waals surface area (Å²) in [6, 6.07) is 1.75. The molecular formula is C13H24BF4IrNP-. The molecule has 0 aromatic carbocycles. The molecule has 127 valence electrons. The van der Waals surface area contributed by atoms with Crippen LogP contribution in [0.5, 0.6) is 0 Å². The van der Waals surface area contributed by atoms with Gasteiger partial charge in [-0.2, -0.15) is 5.26 Å². The van der Waals surface area contributed by atoms with Gasteiger partial charge in [0.05, 0.1) is 6.07 Å². The molecule has 1 rings (SSSR count). The zero-order valence-corrected chi connectivity index (χ0v) is 16.2. The normalized spacial score (nSPS) is 15.6. The van der Waals surface area contributed by atoms with Gasteiger partial charge in [0.15, 0.2) is 0 Å². The first-order valence-corrected chi connectivity index (χ1v) is 8.92. The quantitative estimate of drug-likeness (QED) is 0.176. The van der Waals surface area contributed by atoms with Crippen LogP contribution in [0, 0.1) is 11.3 Å². The minimum absolute atomic E-state index is 0. The molecule has 0 unspecified atom stereocenters. The summed E-state index contributed by atoms with van der Waals surface area (Å²) >= 11 is 0. The van der Waals surface area contributed by atoms with E-state index in [1.54, 1.807) is 6.07 Å². The third kappa shape index (κ3) is 103. The summed E-state index contributed by atoms with van der Waals surface area (Å²) in [4.78, 5) is 0. The van der Waals surface area contributed by atoms with Crippen molar-refractivity contribution in [2.24, 2.45) is 0 Å². The summed E-state index contributed by atoms with van der Waals surface area (Å²) < 4.78 is 39.0. The third-order valence-electron chi connectivity index (χ3n) is 1.33. The first kappa shape index (κ1) is 28.9. The first-order valence-electron chi connectivity index (χ1n) is 6.24. The molecule has 0 spiro atoms. The Morgan fingerprint density at radius 1 is 0.857 bits per heavy atom. The van der Waals surface area contributed by atoms with Crippen molar-refractivity contribution < 1.29 is 37.4 Å². The predicted octanol–water partition coefficient (Wildman–Crippen LogP) is 5.86. The van der Waals surface area contributed by atoms with Gasteiger partial charge in [-0.3, -0.25) is 0 Å². The number of hydrogen-bond donors (Lipinski definition) is 0. The van der Waals surface area contributed by atoms with E-state index in [9.17, 15) is 17.3 Å². The summed E-state index contributed by atoms with van der Waals surface area (Å²) in [6.07, 6.45) is 14.0. The van der Waals surface area contributed by atoms with Crippen LogP contribution < -0.4 is 0 Å². The largest absolute Gasteiger partial charge is 0.673 e. The molecule has 0 bridgehead atoms. The fourth-order valence-electron chi connectivity index (χ4n) is 0.856. The minimum atomic E-state index is -6.00. The number of halogens is 4. The summed E-state index contributed by atoms with van der Waals surface area (Å²) in [7, 11) is -5.62. The molecule has 0 amide bonds. The number of nitriles is 1. The van der Waals surface area contributed by atoms with Gasteiger partial charge in [0, 0.05) is 27.0 Å². The van der Waals surface area contributed by atoms with E-state index in [1.165, 1.54) is 32.6 Å². The number of allylic oxidation sites excluding steroid dienone is 4. The Bertz CT molecular complexity index is 254. The van der Waals surface area contributed by atoms with Gasteiger partial charge in [0.2, 0.25) is 0 Å². The van der Waals surface area contributed by atoms with E-state index in [0.717, 1.165) is 0 Å². The maximum absolute atomic E-state index is 9.75. The van der Waals surface area contributed by atoms with E-state index in [1.807, 2.05) is 0 Å². The molecular weight excluding hydrogens is 480 g/mol. The SMILES string of the molecule is C1=C\CC/C=C\CC/1.CC#N.CP(C)C.F[B-](F)(F)F.[Ir]. The second kappa shape index (κ2) is 22.1. The Labute approximate surface area is 141 Å². The zero-order valence-electron chi connectivity index (χ0n) is 13.0. The van der Waals surface area contributed by atoms with Crippen molar-refractivity contribution in [1.82, 2.24) is 0 Å². The van der Waals surface area contributed by atoms with E-state index >= 15 is 0 Å². The summed E-state index contributed by atoms with van der Waals surface area (Å²) in [5.74, 6) is 0. The fraction of sp³-hybridized carbons (Fsp3) is 0.615. The van der Waals surface area contributed by atoms with E-state index in [2.05, 4.69) is 44.3 Å². The van der Waals surface area contributed by atoms with Crippen LogP contribution in [0.1, 0.15) is 32.6 Å². The fourth-order valence-corrected chi connectivity index (χ4v) is 0.856. The van der Waals surface area contributed by atoms with Gasteiger partial charge in [-0.05, 0) is 45.7 Å². The van der Waals surface area contributed by atoms with E-state index < -0.39 is 7.25 Å². The average molecular weight is 504 g/mol. The van der Waals surface area contributed by atoms with Crippen LogP contribution >= 0.6 is 7.92 Å². The maximum Gasteiger partial charge on any atom is 0.673 e. The summed E-state index contributed by atoms with van der Waals surface area (Å²) in [6.45, 7) is 8.12. The van der Waals surface area contributed by atoms with Gasteiger partial charge < -0.3 is 17.3 Å². The molecule has 0 fully saturated rings. The van der Waals surface area contributed by atoms with Crippen LogP contribution in [0.4, 0.5) is 17.3 Å². The molecule has 0 aliphatic heterocycles. The maximum atomic E-state index is 9.75. The van der Waals surface area contributed by atoms with Crippen LogP contribution in [0.3, 0.4) is 0 Å². The van der Waals surface area contributed by atoms with Gasteiger partial charge in [-0.25, -0.2) is 0 Å². The molecule has 1 nitrogen and oxygen atoms in total. The van der Waals surface area contributed by atoms with Gasteiger partial charge in [-0.1, -0.05) is 24.3 Å². The molecule has 8 heteroatoms. The Morgan fingerprint density at radius 2 is 0.952 bits per heavy atom. The van der Waals surface area contributed by atoms with Crippen molar-refractivity contribution in [3.05, 3.63) is 24.3 Å². The number of hydrogen-bond acceptors (Lipinski definition) is 1. The van der Waals surface area contributed by atoms with Crippen molar-refractivity contribution in [3.63, 3.8) is 0 Å². The Hall–Kier alpha value is -0.166. The smallest absolute Gasteiger partial charge is 0.418 e. The van der Waals surface area contributed by atoms with Crippen molar-refractivity contribution in [2.75, 3.05) is 20.0 Å². The van der Waals surface area contributed by atoms with Crippen LogP contribution in [-0.2, 0) is 20.1 Å². The van der Waals surface area contributed by atoms with Gasteiger partial charge in [-0.15, -0.1) is 7.92 Å². The Morgan fingerprint density at radius 3 is 1.05 bits per heavy atom. The van der Waals surface area contributed by atoms with E-state index in [-0.39, 0.29) is 20.1 Å². The molecule has 0 saturated carbocycles. The molecule has 0 heterocycles. The molecule has 0 aromatic heterocycles. The molecule has 1 aliphatic carbocycles. The van der Waals surface area contributed by atoms with Crippen LogP contribution in [-0.4, -0.2) is 27.2 Å². The van der Waals surface area contributed by atoms with Crippen LogP contribution in [0.2, 0.25) is 0 Å². The summed E-state index contributed by atoms with van der Waals surface area (Å²) in [5.41, 5.74) is 0. The van der Waals surface area contributed by atoms with Crippen molar-refractivity contribution in [2.45, 2.75) is 32.6 Å². The molecule has 0 N–H and O–H groups in total. The molecule has 0 saturated heterocycles. The minimum Gasteiger partial charge on any atom is -0.418 e. The third-order valence-corrected chi connectivity index (χ3v) is 1.33. The predicted molar refractivity (Wildman–Crippen MR) is 82.9 cm³/mol. The number of nitrogens with zero attached hydrogens (tertiary/aromatic N) is 1. The van der Waals surface area contributed by atoms with Crippen molar-refractivity contribution >= 4 is 15.2 Å². The van der Waals surface area contributed by atoms with Gasteiger partial charge in [0.25, 0.3) is 0 Å². The number of rotatable bonds is 0.